The van der Waals surface area contributed by atoms with Crippen molar-refractivity contribution in [3.8, 4) is 11.4 Å². The smallest absolute Gasteiger partial charge is 0.240 e. The summed E-state index contributed by atoms with van der Waals surface area (Å²) in [7, 11) is 0. The molecule has 0 aromatic carbocycles. The summed E-state index contributed by atoms with van der Waals surface area (Å²) in [6.45, 7) is 3.75. The van der Waals surface area contributed by atoms with E-state index in [0.717, 1.165) is 36.5 Å². The van der Waals surface area contributed by atoms with Crippen LogP contribution in [-0.2, 0) is 24.2 Å². The van der Waals surface area contributed by atoms with Crippen molar-refractivity contribution < 1.29 is 9.32 Å². The number of carbonyl (C=O) groups excluding carboxylic acids is 1. The molecule has 130 valence electrons. The summed E-state index contributed by atoms with van der Waals surface area (Å²) in [5, 5.41) is 11.6. The molecule has 2 N–H and O–H groups in total. The van der Waals surface area contributed by atoms with Crippen LogP contribution in [0.15, 0.2) is 15.8 Å². The molecule has 25 heavy (non-hydrogen) atoms. The van der Waals surface area contributed by atoms with Gasteiger partial charge >= 0.3 is 0 Å². The van der Waals surface area contributed by atoms with Crippen LogP contribution in [-0.4, -0.2) is 33.3 Å². The maximum absolute atomic E-state index is 11.1. The van der Waals surface area contributed by atoms with E-state index in [1.54, 1.807) is 0 Å². The van der Waals surface area contributed by atoms with Gasteiger partial charge in [0.15, 0.2) is 0 Å². The van der Waals surface area contributed by atoms with Gasteiger partial charge in [0.2, 0.25) is 17.6 Å². The molecule has 2 aromatic rings. The summed E-state index contributed by atoms with van der Waals surface area (Å²) < 4.78 is 5.43. The number of carbonyl (C=O) groups is 1. The van der Waals surface area contributed by atoms with E-state index in [2.05, 4.69) is 31.0 Å². The van der Waals surface area contributed by atoms with Crippen LogP contribution in [0.5, 0.6) is 0 Å². The summed E-state index contributed by atoms with van der Waals surface area (Å²) in [4.78, 5) is 20.2. The minimum atomic E-state index is -0.0323. The zero-order valence-corrected chi connectivity index (χ0v) is 14.1. The zero-order valence-electron chi connectivity index (χ0n) is 14.1. The van der Waals surface area contributed by atoms with Crippen LogP contribution in [0.4, 0.5) is 0 Å². The monoisotopic (exact) mass is 340 g/mol. The summed E-state index contributed by atoms with van der Waals surface area (Å²) >= 11 is 0. The molecule has 0 saturated carbocycles. The highest BCUT2D eigenvalue weighted by Crippen LogP contribution is 2.28. The first-order chi connectivity index (χ1) is 12.2. The Balaban J connectivity index is 1.53. The fourth-order valence-electron chi connectivity index (χ4n) is 3.27. The molecular formula is C17H20N6O2. The molecule has 0 aliphatic carbocycles. The van der Waals surface area contributed by atoms with Gasteiger partial charge in [-0.25, -0.2) is 5.43 Å². The predicted octanol–water partition coefficient (Wildman–Crippen LogP) is 1.28. The number of nitrogens with zero attached hydrogens (tertiary/aromatic N) is 4. The van der Waals surface area contributed by atoms with Gasteiger partial charge in [-0.2, -0.15) is 10.1 Å². The van der Waals surface area contributed by atoms with E-state index in [9.17, 15) is 4.79 Å². The minimum absolute atomic E-state index is 0.0323. The van der Waals surface area contributed by atoms with Gasteiger partial charge in [-0.3, -0.25) is 9.78 Å². The number of amides is 1. The van der Waals surface area contributed by atoms with Crippen molar-refractivity contribution in [3.05, 3.63) is 28.9 Å². The van der Waals surface area contributed by atoms with E-state index in [-0.39, 0.29) is 5.91 Å². The third-order valence-corrected chi connectivity index (χ3v) is 4.63. The standard InChI is InChI=1S/C17H20N6O2/c1-10-16(13-6-7-18-8-11(13)9-19-10)17-20-15(25-23-17)5-3-12-2-4-14(24)22-21-12/h9,18H,2-8H2,1H3,(H,22,24). The highest BCUT2D eigenvalue weighted by molar-refractivity contribution is 5.92. The SMILES string of the molecule is Cc1ncc2c(c1-c1noc(CCC3=NNC(=O)CC3)n1)CCNC2. The average Bonchev–Trinajstić information content (AvgIpc) is 3.09. The van der Waals surface area contributed by atoms with Crippen LogP contribution in [0.2, 0.25) is 0 Å². The van der Waals surface area contributed by atoms with Gasteiger partial charge in [0.05, 0.1) is 0 Å². The summed E-state index contributed by atoms with van der Waals surface area (Å²) in [6.07, 6.45) is 5.37. The average molecular weight is 340 g/mol. The first kappa shape index (κ1) is 15.9. The zero-order chi connectivity index (χ0) is 17.2. The maximum Gasteiger partial charge on any atom is 0.240 e. The normalized spacial score (nSPS) is 17.0. The molecule has 4 rings (SSSR count). The van der Waals surface area contributed by atoms with Gasteiger partial charge in [-0.15, -0.1) is 0 Å². The van der Waals surface area contributed by atoms with Crippen molar-refractivity contribution in [2.75, 3.05) is 6.54 Å². The number of hydrazone groups is 1. The Hall–Kier alpha value is -2.61. The number of aryl methyl sites for hydroxylation is 2. The van der Waals surface area contributed by atoms with Gasteiger partial charge in [0, 0.05) is 42.6 Å². The largest absolute Gasteiger partial charge is 0.339 e. The van der Waals surface area contributed by atoms with Gasteiger partial charge in [0.1, 0.15) is 0 Å². The Morgan fingerprint density at radius 1 is 1.24 bits per heavy atom. The number of nitrogens with one attached hydrogen (secondary N) is 2. The Morgan fingerprint density at radius 2 is 2.16 bits per heavy atom. The van der Waals surface area contributed by atoms with Gasteiger partial charge in [0.25, 0.3) is 0 Å². The van der Waals surface area contributed by atoms with Crippen molar-refractivity contribution in [1.82, 2.24) is 25.9 Å². The van der Waals surface area contributed by atoms with Crippen molar-refractivity contribution in [2.45, 2.75) is 45.6 Å². The van der Waals surface area contributed by atoms with Crippen molar-refractivity contribution >= 4 is 11.6 Å². The van der Waals surface area contributed by atoms with Crippen LogP contribution in [0.25, 0.3) is 11.4 Å². The highest BCUT2D eigenvalue weighted by atomic mass is 16.5. The summed E-state index contributed by atoms with van der Waals surface area (Å²) in [6, 6.07) is 0. The van der Waals surface area contributed by atoms with E-state index in [1.165, 1.54) is 11.1 Å². The molecule has 0 spiro atoms. The lowest BCUT2D eigenvalue weighted by molar-refractivity contribution is -0.121. The third-order valence-electron chi connectivity index (χ3n) is 4.63. The number of aromatic nitrogens is 3. The van der Waals surface area contributed by atoms with Crippen LogP contribution < -0.4 is 10.7 Å². The Kier molecular flexibility index (Phi) is 4.27. The molecule has 0 unspecified atom stereocenters. The second kappa shape index (κ2) is 6.72. The van der Waals surface area contributed by atoms with E-state index in [4.69, 9.17) is 4.52 Å². The van der Waals surface area contributed by atoms with E-state index in [0.29, 0.717) is 37.4 Å². The number of hydrogen-bond acceptors (Lipinski definition) is 7. The van der Waals surface area contributed by atoms with Crippen LogP contribution in [0.3, 0.4) is 0 Å². The highest BCUT2D eigenvalue weighted by Gasteiger charge is 2.21. The van der Waals surface area contributed by atoms with Crippen LogP contribution in [0, 0.1) is 6.92 Å². The molecule has 4 heterocycles. The Bertz CT molecular complexity index is 842. The molecule has 0 fully saturated rings. The molecule has 0 bridgehead atoms. The fourth-order valence-corrected chi connectivity index (χ4v) is 3.27. The van der Waals surface area contributed by atoms with Crippen LogP contribution in [0.1, 0.15) is 42.0 Å². The minimum Gasteiger partial charge on any atom is -0.339 e. The van der Waals surface area contributed by atoms with Gasteiger partial charge in [-0.1, -0.05) is 5.16 Å². The number of pyridine rings is 1. The number of rotatable bonds is 4. The second-order valence-electron chi connectivity index (χ2n) is 6.37. The third kappa shape index (κ3) is 3.30. The molecule has 2 aromatic heterocycles. The van der Waals surface area contributed by atoms with Crippen molar-refractivity contribution in [1.29, 1.82) is 0 Å². The predicted molar refractivity (Wildman–Crippen MR) is 90.8 cm³/mol. The first-order valence-electron chi connectivity index (χ1n) is 8.56. The molecule has 8 nitrogen and oxygen atoms in total. The number of fused-ring (bicyclic) bond motifs is 1. The molecule has 8 heteroatoms. The first-order valence-corrected chi connectivity index (χ1v) is 8.56. The lowest BCUT2D eigenvalue weighted by Crippen LogP contribution is -2.25. The molecule has 2 aliphatic rings. The molecule has 0 radical (unpaired) electrons. The quantitative estimate of drug-likeness (QED) is 0.869. The lowest BCUT2D eigenvalue weighted by Gasteiger charge is -2.19. The molecule has 2 aliphatic heterocycles. The van der Waals surface area contributed by atoms with Crippen molar-refractivity contribution in [3.63, 3.8) is 0 Å². The van der Waals surface area contributed by atoms with Crippen molar-refractivity contribution in [2.24, 2.45) is 5.10 Å². The van der Waals surface area contributed by atoms with Gasteiger partial charge < -0.3 is 9.84 Å². The molecular weight excluding hydrogens is 320 g/mol. The Morgan fingerprint density at radius 3 is 3.00 bits per heavy atom. The topological polar surface area (TPSA) is 105 Å². The van der Waals surface area contributed by atoms with E-state index in [1.807, 2.05) is 13.1 Å². The number of hydrogen-bond donors (Lipinski definition) is 2. The molecule has 0 atom stereocenters. The van der Waals surface area contributed by atoms with E-state index < -0.39 is 0 Å². The second-order valence-corrected chi connectivity index (χ2v) is 6.37. The fraction of sp³-hybridized carbons (Fsp3) is 0.471. The summed E-state index contributed by atoms with van der Waals surface area (Å²) in [5.74, 6) is 1.16. The van der Waals surface area contributed by atoms with E-state index >= 15 is 0 Å². The van der Waals surface area contributed by atoms with Gasteiger partial charge in [-0.05, 0) is 43.9 Å². The lowest BCUT2D eigenvalue weighted by atomic mass is 9.95. The maximum atomic E-state index is 11.1. The Labute approximate surface area is 145 Å². The molecule has 0 saturated heterocycles. The molecule has 1 amide bonds. The van der Waals surface area contributed by atoms with Crippen LogP contribution >= 0.6 is 0 Å². The summed E-state index contributed by atoms with van der Waals surface area (Å²) in [5.41, 5.74) is 7.85.